The second-order valence-corrected chi connectivity index (χ2v) is 7.16. The van der Waals surface area contributed by atoms with Gasteiger partial charge in [-0.3, -0.25) is 4.72 Å². The highest BCUT2D eigenvalue weighted by molar-refractivity contribution is 7.92. The fraction of sp³-hybridized carbons (Fsp3) is 0.0909. The Bertz CT molecular complexity index is 698. The summed E-state index contributed by atoms with van der Waals surface area (Å²) >= 11 is 12.8. The fourth-order valence-electron chi connectivity index (χ4n) is 1.36. The van der Waals surface area contributed by atoms with Crippen molar-refractivity contribution in [3.63, 3.8) is 0 Å². The quantitative estimate of drug-likeness (QED) is 0.898. The Morgan fingerprint density at radius 3 is 2.58 bits per heavy atom. The van der Waals surface area contributed by atoms with Crippen molar-refractivity contribution in [2.45, 2.75) is 11.5 Å². The summed E-state index contributed by atoms with van der Waals surface area (Å²) in [5, 5.41) is 11.0. The van der Waals surface area contributed by atoms with Crippen LogP contribution >= 0.6 is 34.5 Å². The van der Waals surface area contributed by atoms with Crippen molar-refractivity contribution in [3.8, 4) is 0 Å². The van der Waals surface area contributed by atoms with Crippen molar-refractivity contribution in [2.24, 2.45) is 0 Å². The van der Waals surface area contributed by atoms with E-state index < -0.39 is 10.0 Å². The maximum atomic E-state index is 12.1. The SMILES string of the molecule is O=S(=O)(Nc1ccc(Cl)cc1Cl)c1csc(CO)c1. The van der Waals surface area contributed by atoms with Crippen molar-refractivity contribution in [3.05, 3.63) is 44.6 Å². The van der Waals surface area contributed by atoms with E-state index in [2.05, 4.69) is 4.72 Å². The van der Waals surface area contributed by atoms with Gasteiger partial charge in [-0.1, -0.05) is 23.2 Å². The number of aliphatic hydroxyl groups excluding tert-OH is 1. The summed E-state index contributed by atoms with van der Waals surface area (Å²) in [6.45, 7) is -0.193. The molecule has 0 aliphatic rings. The highest BCUT2D eigenvalue weighted by Crippen LogP contribution is 2.28. The summed E-state index contributed by atoms with van der Waals surface area (Å²) < 4.78 is 26.6. The lowest BCUT2D eigenvalue weighted by atomic mass is 10.3. The minimum atomic E-state index is -3.72. The molecule has 102 valence electrons. The molecule has 0 unspecified atom stereocenters. The number of hydrogen-bond acceptors (Lipinski definition) is 4. The fourth-order valence-corrected chi connectivity index (χ4v) is 4.09. The van der Waals surface area contributed by atoms with Crippen LogP contribution in [-0.4, -0.2) is 13.5 Å². The van der Waals surface area contributed by atoms with Gasteiger partial charge in [-0.25, -0.2) is 8.42 Å². The molecular formula is C11H9Cl2NO3S2. The van der Waals surface area contributed by atoms with Gasteiger partial charge >= 0.3 is 0 Å². The molecule has 2 N–H and O–H groups in total. The predicted octanol–water partition coefficient (Wildman–Crippen LogP) is 3.35. The van der Waals surface area contributed by atoms with Gasteiger partial charge in [-0.05, 0) is 24.3 Å². The van der Waals surface area contributed by atoms with Crippen molar-refractivity contribution in [2.75, 3.05) is 4.72 Å². The van der Waals surface area contributed by atoms with Crippen LogP contribution in [-0.2, 0) is 16.6 Å². The number of hydrogen-bond donors (Lipinski definition) is 2. The van der Waals surface area contributed by atoms with Crippen LogP contribution in [0, 0.1) is 0 Å². The van der Waals surface area contributed by atoms with Gasteiger partial charge in [-0.15, -0.1) is 11.3 Å². The lowest BCUT2D eigenvalue weighted by Crippen LogP contribution is -2.12. The number of thiophene rings is 1. The summed E-state index contributed by atoms with van der Waals surface area (Å²) in [6.07, 6.45) is 0. The minimum absolute atomic E-state index is 0.0903. The third-order valence-corrected chi connectivity index (χ3v) is 5.23. The lowest BCUT2D eigenvalue weighted by Gasteiger charge is -2.08. The van der Waals surface area contributed by atoms with Gasteiger partial charge in [0.25, 0.3) is 10.0 Å². The number of benzene rings is 1. The first-order valence-corrected chi connectivity index (χ1v) is 8.20. The molecule has 8 heteroatoms. The molecule has 2 aromatic rings. The molecule has 0 amide bonds. The molecule has 2 rings (SSSR count). The zero-order valence-corrected chi connectivity index (χ0v) is 12.6. The summed E-state index contributed by atoms with van der Waals surface area (Å²) in [5.41, 5.74) is 0.253. The summed E-state index contributed by atoms with van der Waals surface area (Å²) in [4.78, 5) is 0.662. The van der Waals surface area contributed by atoms with Crippen LogP contribution in [0.1, 0.15) is 4.88 Å². The maximum absolute atomic E-state index is 12.1. The van der Waals surface area contributed by atoms with Gasteiger partial charge in [0.1, 0.15) is 0 Å². The van der Waals surface area contributed by atoms with E-state index in [4.69, 9.17) is 28.3 Å². The topological polar surface area (TPSA) is 66.4 Å². The van der Waals surface area contributed by atoms with Crippen LogP contribution in [0.4, 0.5) is 5.69 Å². The van der Waals surface area contributed by atoms with E-state index in [1.165, 1.54) is 41.0 Å². The number of nitrogens with one attached hydrogen (secondary N) is 1. The Kier molecular flexibility index (Phi) is 4.37. The van der Waals surface area contributed by atoms with Gasteiger partial charge in [0.15, 0.2) is 0 Å². The van der Waals surface area contributed by atoms with Gasteiger partial charge in [0, 0.05) is 15.3 Å². The highest BCUT2D eigenvalue weighted by atomic mass is 35.5. The largest absolute Gasteiger partial charge is 0.391 e. The van der Waals surface area contributed by atoms with Crippen LogP contribution in [0.2, 0.25) is 10.0 Å². The maximum Gasteiger partial charge on any atom is 0.262 e. The standard InChI is InChI=1S/C11H9Cl2NO3S2/c12-7-1-2-11(10(13)3-7)14-19(16,17)9-4-8(5-15)18-6-9/h1-4,6,14-15H,5H2. The van der Waals surface area contributed by atoms with Gasteiger partial charge in [0.05, 0.1) is 22.2 Å². The van der Waals surface area contributed by atoms with Crippen LogP contribution in [0.5, 0.6) is 0 Å². The lowest BCUT2D eigenvalue weighted by molar-refractivity contribution is 0.285. The highest BCUT2D eigenvalue weighted by Gasteiger charge is 2.17. The minimum Gasteiger partial charge on any atom is -0.391 e. The number of rotatable bonds is 4. The Labute approximate surface area is 124 Å². The molecule has 1 aromatic heterocycles. The summed E-state index contributed by atoms with van der Waals surface area (Å²) in [6, 6.07) is 5.89. The molecule has 0 fully saturated rings. The summed E-state index contributed by atoms with van der Waals surface area (Å²) in [7, 11) is -3.72. The Hall–Kier alpha value is -0.790. The number of aliphatic hydroxyl groups is 1. The molecule has 0 saturated heterocycles. The smallest absolute Gasteiger partial charge is 0.262 e. The van der Waals surface area contributed by atoms with E-state index in [1.54, 1.807) is 0 Å². The van der Waals surface area contributed by atoms with Gasteiger partial charge in [0.2, 0.25) is 0 Å². The molecule has 0 aliphatic heterocycles. The van der Waals surface area contributed by atoms with Crippen molar-refractivity contribution >= 4 is 50.2 Å². The van der Waals surface area contributed by atoms with Crippen molar-refractivity contribution in [1.29, 1.82) is 0 Å². The molecule has 0 bridgehead atoms. The predicted molar refractivity (Wildman–Crippen MR) is 77.5 cm³/mol. The normalized spacial score (nSPS) is 11.5. The Balaban J connectivity index is 2.30. The van der Waals surface area contributed by atoms with Crippen LogP contribution in [0.25, 0.3) is 0 Å². The molecule has 0 radical (unpaired) electrons. The molecule has 0 atom stereocenters. The molecule has 4 nitrogen and oxygen atoms in total. The first-order chi connectivity index (χ1) is 8.92. The molecule has 0 saturated carbocycles. The van der Waals surface area contributed by atoms with Crippen molar-refractivity contribution < 1.29 is 13.5 Å². The third-order valence-electron chi connectivity index (χ3n) is 2.27. The molecular weight excluding hydrogens is 329 g/mol. The van der Waals surface area contributed by atoms with Crippen LogP contribution in [0.15, 0.2) is 34.5 Å². The Morgan fingerprint density at radius 2 is 2.00 bits per heavy atom. The number of anilines is 1. The van der Waals surface area contributed by atoms with E-state index in [-0.39, 0.29) is 22.2 Å². The van der Waals surface area contributed by atoms with Crippen LogP contribution in [0.3, 0.4) is 0 Å². The Morgan fingerprint density at radius 1 is 1.26 bits per heavy atom. The molecule has 19 heavy (non-hydrogen) atoms. The average molecular weight is 338 g/mol. The third kappa shape index (κ3) is 3.40. The van der Waals surface area contributed by atoms with E-state index in [0.717, 1.165) is 0 Å². The monoisotopic (exact) mass is 337 g/mol. The van der Waals surface area contributed by atoms with E-state index in [0.29, 0.717) is 9.90 Å². The van der Waals surface area contributed by atoms with Gasteiger partial charge < -0.3 is 5.11 Å². The molecule has 0 aliphatic carbocycles. The van der Waals surface area contributed by atoms with E-state index >= 15 is 0 Å². The van der Waals surface area contributed by atoms with Gasteiger partial charge in [-0.2, -0.15) is 0 Å². The average Bonchev–Trinajstić information content (AvgIpc) is 2.82. The molecule has 1 heterocycles. The molecule has 0 spiro atoms. The zero-order valence-electron chi connectivity index (χ0n) is 9.43. The molecule has 1 aromatic carbocycles. The second-order valence-electron chi connectivity index (χ2n) is 3.64. The number of sulfonamides is 1. The van der Waals surface area contributed by atoms with Crippen LogP contribution < -0.4 is 4.72 Å². The number of halogens is 2. The van der Waals surface area contributed by atoms with Crippen molar-refractivity contribution in [1.82, 2.24) is 0 Å². The second kappa shape index (κ2) is 5.68. The van der Waals surface area contributed by atoms with E-state index in [1.807, 2.05) is 0 Å². The first-order valence-electron chi connectivity index (χ1n) is 5.08. The van der Waals surface area contributed by atoms with E-state index in [9.17, 15) is 8.42 Å². The first kappa shape index (κ1) is 14.6. The zero-order chi connectivity index (χ0) is 14.0. The summed E-state index contributed by atoms with van der Waals surface area (Å²) in [5.74, 6) is 0.